The first kappa shape index (κ1) is 13.8. The molecule has 104 valence electrons. The molecule has 2 rings (SSSR count). The summed E-state index contributed by atoms with van der Waals surface area (Å²) in [7, 11) is 0. The Labute approximate surface area is 110 Å². The molecule has 2 bridgehead atoms. The van der Waals surface area contributed by atoms with Crippen LogP contribution < -0.4 is 10.6 Å². The van der Waals surface area contributed by atoms with Gasteiger partial charge in [0.25, 0.3) is 0 Å². The Balaban J connectivity index is 1.65. The monoisotopic (exact) mass is 254 g/mol. The fourth-order valence-electron chi connectivity index (χ4n) is 3.14. The van der Waals surface area contributed by atoms with Crippen molar-refractivity contribution in [3.8, 4) is 0 Å². The van der Waals surface area contributed by atoms with E-state index in [1.54, 1.807) is 0 Å². The molecule has 0 saturated carbocycles. The lowest BCUT2D eigenvalue weighted by atomic mass is 9.80. The molecule has 2 N–H and O–H groups in total. The van der Waals surface area contributed by atoms with E-state index in [-0.39, 0.29) is 12.1 Å². The molecule has 3 atom stereocenters. The van der Waals surface area contributed by atoms with Crippen LogP contribution in [0.1, 0.15) is 39.5 Å². The van der Waals surface area contributed by atoms with Gasteiger partial charge in [0, 0.05) is 12.5 Å². The summed E-state index contributed by atoms with van der Waals surface area (Å²) in [4.78, 5) is 11.5. The van der Waals surface area contributed by atoms with Gasteiger partial charge >= 0.3 is 5.97 Å². The highest BCUT2D eigenvalue weighted by Crippen LogP contribution is 2.26. The third kappa shape index (κ3) is 3.95. The second kappa shape index (κ2) is 6.53. The van der Waals surface area contributed by atoms with Crippen LogP contribution in [0, 0.1) is 11.8 Å². The second-order valence-electron chi connectivity index (χ2n) is 5.97. The van der Waals surface area contributed by atoms with Gasteiger partial charge in [-0.2, -0.15) is 0 Å². The minimum Gasteiger partial charge on any atom is -0.463 e. The summed E-state index contributed by atoms with van der Waals surface area (Å²) in [5, 5.41) is 7.15. The van der Waals surface area contributed by atoms with Crippen molar-refractivity contribution in [3.63, 3.8) is 0 Å². The molecular formula is C14H26N2O2. The quantitative estimate of drug-likeness (QED) is 0.726. The number of ether oxygens (including phenoxy) is 1. The molecule has 2 heterocycles. The highest BCUT2D eigenvalue weighted by molar-refractivity contribution is 5.69. The van der Waals surface area contributed by atoms with E-state index in [0.717, 1.165) is 44.3 Å². The maximum atomic E-state index is 11.5. The third-order valence-corrected chi connectivity index (χ3v) is 3.98. The van der Waals surface area contributed by atoms with Crippen molar-refractivity contribution in [3.05, 3.63) is 0 Å². The molecule has 0 radical (unpaired) electrons. The van der Waals surface area contributed by atoms with Gasteiger partial charge in [-0.3, -0.25) is 4.79 Å². The van der Waals surface area contributed by atoms with E-state index in [1.165, 1.54) is 6.42 Å². The molecule has 0 aliphatic carbocycles. The molecule has 2 aliphatic rings. The SMILES string of the molecule is CC(C)OC(=O)CCC[C@@H]1NC[C@H]2CNC[C@@H]1C2. The molecule has 0 unspecified atom stereocenters. The smallest absolute Gasteiger partial charge is 0.306 e. The molecule has 2 fully saturated rings. The predicted molar refractivity (Wildman–Crippen MR) is 71.3 cm³/mol. The van der Waals surface area contributed by atoms with Crippen LogP contribution in [0.3, 0.4) is 0 Å². The van der Waals surface area contributed by atoms with Gasteiger partial charge in [-0.15, -0.1) is 0 Å². The zero-order valence-electron chi connectivity index (χ0n) is 11.6. The molecule has 4 nitrogen and oxygen atoms in total. The van der Waals surface area contributed by atoms with Crippen LogP contribution >= 0.6 is 0 Å². The summed E-state index contributed by atoms with van der Waals surface area (Å²) < 4.78 is 5.15. The Hall–Kier alpha value is -0.610. The number of carbonyl (C=O) groups is 1. The van der Waals surface area contributed by atoms with Gasteiger partial charge in [-0.05, 0) is 64.6 Å². The van der Waals surface area contributed by atoms with Crippen molar-refractivity contribution in [1.29, 1.82) is 0 Å². The van der Waals surface area contributed by atoms with Crippen molar-refractivity contribution in [2.45, 2.75) is 51.7 Å². The van der Waals surface area contributed by atoms with Crippen LogP contribution in [0.4, 0.5) is 0 Å². The van der Waals surface area contributed by atoms with Gasteiger partial charge in [-0.1, -0.05) is 0 Å². The first-order chi connectivity index (χ1) is 8.65. The highest BCUT2D eigenvalue weighted by atomic mass is 16.5. The molecular weight excluding hydrogens is 228 g/mol. The van der Waals surface area contributed by atoms with Crippen molar-refractivity contribution < 1.29 is 9.53 Å². The minimum atomic E-state index is -0.0551. The summed E-state index contributed by atoms with van der Waals surface area (Å²) >= 11 is 0. The normalized spacial score (nSPS) is 31.4. The maximum Gasteiger partial charge on any atom is 0.306 e. The predicted octanol–water partition coefficient (Wildman–Crippen LogP) is 1.31. The highest BCUT2D eigenvalue weighted by Gasteiger charge is 2.32. The van der Waals surface area contributed by atoms with Crippen molar-refractivity contribution in [1.82, 2.24) is 10.6 Å². The van der Waals surface area contributed by atoms with Crippen LogP contribution in [0.5, 0.6) is 0 Å². The first-order valence-electron chi connectivity index (χ1n) is 7.28. The van der Waals surface area contributed by atoms with Crippen LogP contribution in [-0.4, -0.2) is 37.7 Å². The van der Waals surface area contributed by atoms with Gasteiger partial charge < -0.3 is 15.4 Å². The lowest BCUT2D eigenvalue weighted by Gasteiger charge is -2.41. The van der Waals surface area contributed by atoms with E-state index in [0.29, 0.717) is 12.5 Å². The lowest BCUT2D eigenvalue weighted by Crippen LogP contribution is -2.54. The maximum absolute atomic E-state index is 11.5. The van der Waals surface area contributed by atoms with E-state index in [9.17, 15) is 4.79 Å². The Morgan fingerprint density at radius 2 is 2.17 bits per heavy atom. The Morgan fingerprint density at radius 1 is 1.33 bits per heavy atom. The average molecular weight is 254 g/mol. The number of carbonyl (C=O) groups excluding carboxylic acids is 1. The summed E-state index contributed by atoms with van der Waals surface area (Å²) in [5.41, 5.74) is 0. The topological polar surface area (TPSA) is 50.4 Å². The van der Waals surface area contributed by atoms with E-state index in [2.05, 4.69) is 10.6 Å². The van der Waals surface area contributed by atoms with E-state index >= 15 is 0 Å². The van der Waals surface area contributed by atoms with Crippen LogP contribution in [-0.2, 0) is 9.53 Å². The zero-order valence-corrected chi connectivity index (χ0v) is 11.6. The molecule has 0 aromatic heterocycles. The zero-order chi connectivity index (χ0) is 13.0. The fraction of sp³-hybridized carbons (Fsp3) is 0.929. The van der Waals surface area contributed by atoms with E-state index in [1.807, 2.05) is 13.8 Å². The number of hydrogen-bond acceptors (Lipinski definition) is 4. The molecule has 4 heteroatoms. The van der Waals surface area contributed by atoms with Gasteiger partial charge in [0.15, 0.2) is 0 Å². The van der Waals surface area contributed by atoms with Crippen LogP contribution in [0.2, 0.25) is 0 Å². The number of rotatable bonds is 5. The van der Waals surface area contributed by atoms with Crippen molar-refractivity contribution in [2.24, 2.45) is 11.8 Å². The Morgan fingerprint density at radius 3 is 2.94 bits per heavy atom. The summed E-state index contributed by atoms with van der Waals surface area (Å²) in [6.45, 7) is 7.22. The average Bonchev–Trinajstić information content (AvgIpc) is 2.32. The summed E-state index contributed by atoms with van der Waals surface area (Å²) in [6.07, 6.45) is 3.94. The molecule has 2 aliphatic heterocycles. The summed E-state index contributed by atoms with van der Waals surface area (Å²) in [6, 6.07) is 0.584. The van der Waals surface area contributed by atoms with Gasteiger partial charge in [0.05, 0.1) is 6.10 Å². The summed E-state index contributed by atoms with van der Waals surface area (Å²) in [5.74, 6) is 1.50. The van der Waals surface area contributed by atoms with E-state index < -0.39 is 0 Å². The molecule has 0 aromatic rings. The number of fused-ring (bicyclic) bond motifs is 2. The van der Waals surface area contributed by atoms with Crippen LogP contribution in [0.25, 0.3) is 0 Å². The fourth-order valence-corrected chi connectivity index (χ4v) is 3.14. The van der Waals surface area contributed by atoms with Crippen molar-refractivity contribution >= 4 is 5.97 Å². The van der Waals surface area contributed by atoms with E-state index in [4.69, 9.17) is 4.74 Å². The number of hydrogen-bond donors (Lipinski definition) is 2. The molecule has 2 saturated heterocycles. The molecule has 0 amide bonds. The van der Waals surface area contributed by atoms with Gasteiger partial charge in [0.2, 0.25) is 0 Å². The first-order valence-corrected chi connectivity index (χ1v) is 7.28. The Bertz CT molecular complexity index is 281. The van der Waals surface area contributed by atoms with Crippen LogP contribution in [0.15, 0.2) is 0 Å². The Kier molecular flexibility index (Phi) is 5.01. The third-order valence-electron chi connectivity index (χ3n) is 3.98. The number of nitrogens with one attached hydrogen (secondary N) is 2. The van der Waals surface area contributed by atoms with Gasteiger partial charge in [-0.25, -0.2) is 0 Å². The number of piperidine rings is 2. The lowest BCUT2D eigenvalue weighted by molar-refractivity contribution is -0.147. The number of esters is 1. The molecule has 18 heavy (non-hydrogen) atoms. The largest absolute Gasteiger partial charge is 0.463 e. The molecule has 0 aromatic carbocycles. The minimum absolute atomic E-state index is 0.00797. The standard InChI is InChI=1S/C14H26N2O2/c1-10(2)18-14(17)5-3-4-13-12-6-11(8-16-13)7-15-9-12/h10-13,15-16H,3-9H2,1-2H3/t11-,12+,13+/m1/s1. The second-order valence-corrected chi connectivity index (χ2v) is 5.97. The van der Waals surface area contributed by atoms with Crippen molar-refractivity contribution in [2.75, 3.05) is 19.6 Å². The molecule has 0 spiro atoms. The van der Waals surface area contributed by atoms with Gasteiger partial charge in [0.1, 0.15) is 0 Å².